The van der Waals surface area contributed by atoms with Gasteiger partial charge in [-0.15, -0.1) is 0 Å². The Morgan fingerprint density at radius 3 is 2.67 bits per heavy atom. The molecule has 1 saturated heterocycles. The van der Waals surface area contributed by atoms with E-state index in [0.717, 1.165) is 23.2 Å². The Balaban J connectivity index is 1.69. The molecule has 2 aliphatic heterocycles. The molecule has 1 atom stereocenters. The van der Waals surface area contributed by atoms with E-state index in [1.54, 1.807) is 15.7 Å². The van der Waals surface area contributed by atoms with Gasteiger partial charge in [0.15, 0.2) is 19.2 Å². The lowest BCUT2D eigenvalue weighted by Gasteiger charge is -2.37. The Bertz CT molecular complexity index is 1110. The summed E-state index contributed by atoms with van der Waals surface area (Å²) in [6.07, 6.45) is 0.602. The van der Waals surface area contributed by atoms with Gasteiger partial charge in [0.05, 0.1) is 36.4 Å². The predicted octanol–water partition coefficient (Wildman–Crippen LogP) is -3.38. The first kappa shape index (κ1) is 24.1. The zero-order chi connectivity index (χ0) is 24.0. The molecule has 0 saturated carbocycles. The smallest absolute Gasteiger partial charge is 0.191 e. The molecule has 0 amide bonds. The average molecular weight is 449 g/mol. The molecule has 0 aliphatic carbocycles. The summed E-state index contributed by atoms with van der Waals surface area (Å²) in [4.78, 5) is 13.1. The number of fused-ring (bicyclic) bond motifs is 3. The number of pyridine rings is 1. The summed E-state index contributed by atoms with van der Waals surface area (Å²) in [5.41, 5.74) is 2.67. The highest BCUT2D eigenvalue weighted by Crippen LogP contribution is 2.36. The van der Waals surface area contributed by atoms with Crippen molar-refractivity contribution in [2.45, 2.75) is 36.9 Å². The summed E-state index contributed by atoms with van der Waals surface area (Å²) < 4.78 is 40.0. The molecule has 1 aromatic carbocycles. The van der Waals surface area contributed by atoms with Gasteiger partial charge in [0.2, 0.25) is 0 Å². The second-order valence-electron chi connectivity index (χ2n) is 9.92. The molecular weight excluding hydrogens is 419 g/mol. The first-order valence-electron chi connectivity index (χ1n) is 11.6. The summed E-state index contributed by atoms with van der Waals surface area (Å²) in [6, 6.07) is 5.77. The molecular formula is C21H29B5FNO5. The Morgan fingerprint density at radius 1 is 1.24 bits per heavy atom. The first-order chi connectivity index (χ1) is 15.5. The second-order valence-corrected chi connectivity index (χ2v) is 9.92. The number of ether oxygens (including phenoxy) is 4. The van der Waals surface area contributed by atoms with E-state index in [-0.39, 0.29) is 11.5 Å². The monoisotopic (exact) mass is 449 g/mol. The van der Waals surface area contributed by atoms with E-state index in [9.17, 15) is 9.18 Å². The molecule has 0 N–H and O–H groups in total. The molecule has 33 heavy (non-hydrogen) atoms. The summed E-state index contributed by atoms with van der Waals surface area (Å²) in [5, 5.41) is -0.982. The predicted molar refractivity (Wildman–Crippen MR) is 140 cm³/mol. The van der Waals surface area contributed by atoms with Crippen molar-refractivity contribution < 1.29 is 23.3 Å². The topological polar surface area (TPSA) is 58.9 Å². The summed E-state index contributed by atoms with van der Waals surface area (Å²) >= 11 is 0. The average Bonchev–Trinajstić information content (AvgIpc) is 2.76. The first-order valence-corrected chi connectivity index (χ1v) is 11.6. The fourth-order valence-electron chi connectivity index (χ4n) is 4.26. The molecule has 12 heteroatoms. The van der Waals surface area contributed by atoms with Crippen LogP contribution in [0.5, 0.6) is 11.6 Å². The van der Waals surface area contributed by atoms with E-state index in [1.807, 2.05) is 33.0 Å². The fraction of sp³-hybridized carbons (Fsp3) is 0.476. The number of hydrogen-bond acceptors (Lipinski definition) is 5. The fourth-order valence-corrected chi connectivity index (χ4v) is 4.26. The number of benzene rings is 1. The molecule has 2 aromatic rings. The van der Waals surface area contributed by atoms with Gasteiger partial charge in [0.1, 0.15) is 49.8 Å². The van der Waals surface area contributed by atoms with Crippen LogP contribution in [0.2, 0.25) is 0 Å². The van der Waals surface area contributed by atoms with Gasteiger partial charge in [0, 0.05) is 23.1 Å². The van der Waals surface area contributed by atoms with Crippen LogP contribution in [0, 0.1) is 6.92 Å². The molecule has 2 aliphatic rings. The third kappa shape index (κ3) is 4.65. The lowest BCUT2D eigenvalue weighted by Crippen LogP contribution is -2.57. The van der Waals surface area contributed by atoms with Crippen molar-refractivity contribution in [3.05, 3.63) is 39.5 Å². The van der Waals surface area contributed by atoms with Crippen LogP contribution in [0.3, 0.4) is 0 Å². The van der Waals surface area contributed by atoms with E-state index >= 15 is 0 Å². The molecule has 0 radical (unpaired) electrons. The van der Waals surface area contributed by atoms with Crippen molar-refractivity contribution in [3.8, 4) is 22.9 Å². The number of aryl methyl sites for hydroxylation is 1. The molecule has 1 fully saturated rings. The van der Waals surface area contributed by atoms with Gasteiger partial charge in [-0.3, -0.25) is 9.18 Å². The molecule has 6 nitrogen and oxygen atoms in total. The third-order valence-corrected chi connectivity index (χ3v) is 6.90. The van der Waals surface area contributed by atoms with Gasteiger partial charge < -0.3 is 23.5 Å². The largest absolute Gasteiger partial charge is 0.504 e. The maximum Gasteiger partial charge on any atom is 0.191 e. The maximum absolute atomic E-state index is 14.6. The third-order valence-electron chi connectivity index (χ3n) is 6.90. The van der Waals surface area contributed by atoms with Crippen LogP contribution >= 0.6 is 0 Å². The molecule has 0 spiro atoms. The number of halogens is 1. The van der Waals surface area contributed by atoms with Gasteiger partial charge in [-0.2, -0.15) is 0 Å². The Labute approximate surface area is 198 Å². The van der Waals surface area contributed by atoms with Crippen LogP contribution in [0.1, 0.15) is 11.1 Å². The van der Waals surface area contributed by atoms with Crippen LogP contribution in [-0.2, 0) is 22.4 Å². The van der Waals surface area contributed by atoms with E-state index < -0.39 is 10.9 Å². The lowest BCUT2D eigenvalue weighted by molar-refractivity contribution is -0.102. The standard InChI is InChI=1S/C21H29B5FNO5/c1-11-17-15-3-2-13(33-21(25,26)20(23,24)27)8-12(15)4-5-28(17)19(16(22)18(11)29)32-10-14-9-30-6-7-31-14/h2-3,8,14H,4-7,9-10,22-26H2,1H3/t14-/m0/s1. The van der Waals surface area contributed by atoms with Crippen LogP contribution < -0.4 is 20.4 Å². The van der Waals surface area contributed by atoms with Crippen LogP contribution in [0.25, 0.3) is 11.3 Å². The number of hydrogen-bond donors (Lipinski definition) is 0. The zero-order valence-corrected chi connectivity index (χ0v) is 20.4. The zero-order valence-electron chi connectivity index (χ0n) is 20.4. The Kier molecular flexibility index (Phi) is 6.53. The number of aromatic nitrogens is 1. The number of nitrogens with zero attached hydrogens (tertiary/aromatic N) is 1. The highest BCUT2D eigenvalue weighted by atomic mass is 19.1. The SMILES string of the molecule is Bc1c(OC[C@@H]2COCCO2)n2c(c(C)c1=O)-c1ccc(OC(B)(B)C(B)(B)F)cc1CC2. The second kappa shape index (κ2) is 8.95. The van der Waals surface area contributed by atoms with Crippen molar-refractivity contribution >= 4 is 44.7 Å². The molecule has 4 rings (SSSR count). The minimum Gasteiger partial charge on any atom is -0.504 e. The van der Waals surface area contributed by atoms with Gasteiger partial charge in [-0.25, -0.2) is 0 Å². The minimum atomic E-state index is -1.50. The van der Waals surface area contributed by atoms with Gasteiger partial charge >= 0.3 is 0 Å². The Hall–Kier alpha value is -2.06. The Morgan fingerprint density at radius 2 is 2.00 bits per heavy atom. The van der Waals surface area contributed by atoms with Crippen LogP contribution in [0.4, 0.5) is 4.39 Å². The van der Waals surface area contributed by atoms with E-state index in [0.29, 0.717) is 55.6 Å². The highest BCUT2D eigenvalue weighted by molar-refractivity contribution is 6.53. The summed E-state index contributed by atoms with van der Waals surface area (Å²) in [5.74, 6) is 1.21. The molecule has 3 heterocycles. The van der Waals surface area contributed by atoms with Crippen LogP contribution in [-0.4, -0.2) is 87.2 Å². The van der Waals surface area contributed by atoms with Crippen molar-refractivity contribution in [3.63, 3.8) is 0 Å². The van der Waals surface area contributed by atoms with Crippen LogP contribution in [0.15, 0.2) is 23.0 Å². The quantitative estimate of drug-likeness (QED) is 0.432. The van der Waals surface area contributed by atoms with Gasteiger partial charge in [0.25, 0.3) is 0 Å². The van der Waals surface area contributed by atoms with Gasteiger partial charge in [-0.05, 0) is 37.1 Å². The normalized spacial score (nSPS) is 18.3. The van der Waals surface area contributed by atoms with Crippen molar-refractivity contribution in [1.82, 2.24) is 4.57 Å². The molecule has 170 valence electrons. The molecule has 1 aromatic heterocycles. The van der Waals surface area contributed by atoms with Crippen molar-refractivity contribution in [1.29, 1.82) is 0 Å². The van der Waals surface area contributed by atoms with E-state index in [1.165, 1.54) is 15.7 Å². The minimum absolute atomic E-state index is 0.0226. The van der Waals surface area contributed by atoms with Gasteiger partial charge in [-0.1, -0.05) is 0 Å². The van der Waals surface area contributed by atoms with E-state index in [4.69, 9.17) is 18.9 Å². The van der Waals surface area contributed by atoms with E-state index in [2.05, 4.69) is 4.57 Å². The maximum atomic E-state index is 14.6. The summed E-state index contributed by atoms with van der Waals surface area (Å²) in [7, 11) is 8.35. The molecule has 0 bridgehead atoms. The molecule has 0 unspecified atom stereocenters. The lowest BCUT2D eigenvalue weighted by atomic mass is 9.43. The summed E-state index contributed by atoms with van der Waals surface area (Å²) in [6.45, 7) is 4.49. The number of rotatable bonds is 6. The van der Waals surface area contributed by atoms with Crippen molar-refractivity contribution in [2.24, 2.45) is 0 Å². The highest BCUT2D eigenvalue weighted by Gasteiger charge is 2.38. The number of alkyl halides is 1. The van der Waals surface area contributed by atoms with Crippen molar-refractivity contribution in [2.75, 3.05) is 26.4 Å².